The lowest BCUT2D eigenvalue weighted by molar-refractivity contribution is -0.119. The first-order chi connectivity index (χ1) is 7.20. The molecule has 0 fully saturated rings. The van der Waals surface area contributed by atoms with E-state index in [1.54, 1.807) is 0 Å². The highest BCUT2D eigenvalue weighted by molar-refractivity contribution is 9.10. The van der Waals surface area contributed by atoms with Crippen LogP contribution in [0.5, 0.6) is 0 Å². The largest absolute Gasteiger partial charge is 0.396 e. The molecule has 3 nitrogen and oxygen atoms in total. The molecule has 1 heterocycles. The highest BCUT2D eigenvalue weighted by Gasteiger charge is 2.24. The molecule has 0 saturated heterocycles. The predicted octanol–water partition coefficient (Wildman–Crippen LogP) is 1.74. The molecule has 1 aliphatic rings. The van der Waals surface area contributed by atoms with E-state index in [1.807, 2.05) is 18.2 Å². The summed E-state index contributed by atoms with van der Waals surface area (Å²) < 4.78 is 0.992. The highest BCUT2D eigenvalue weighted by atomic mass is 79.9. The monoisotopic (exact) mass is 269 g/mol. The van der Waals surface area contributed by atoms with Gasteiger partial charge in [0.1, 0.15) is 0 Å². The molecule has 0 spiro atoms. The maximum atomic E-state index is 11.6. The number of nitrogens with one attached hydrogen (secondary N) is 1. The molecule has 2 N–H and O–H groups in total. The summed E-state index contributed by atoms with van der Waals surface area (Å²) in [6, 6.07) is 5.60. The van der Waals surface area contributed by atoms with Crippen molar-refractivity contribution in [2.45, 2.75) is 18.9 Å². The Balaban J connectivity index is 2.26. The SMILES string of the molecule is O=C1Cc2ccc(Br)cc2N[C@H]1CCO. The fraction of sp³-hybridized carbons (Fsp3) is 0.364. The number of fused-ring (bicyclic) bond motifs is 1. The van der Waals surface area contributed by atoms with Crippen LogP contribution in [-0.4, -0.2) is 23.5 Å². The second kappa shape index (κ2) is 4.33. The predicted molar refractivity (Wildman–Crippen MR) is 62.0 cm³/mol. The maximum absolute atomic E-state index is 11.6. The lowest BCUT2D eigenvalue weighted by atomic mass is 9.95. The summed E-state index contributed by atoms with van der Waals surface area (Å²) in [5.74, 6) is 0.152. The van der Waals surface area contributed by atoms with Crippen molar-refractivity contribution in [2.24, 2.45) is 0 Å². The number of carbonyl (C=O) groups excluding carboxylic acids is 1. The van der Waals surface area contributed by atoms with Crippen molar-refractivity contribution in [1.29, 1.82) is 0 Å². The number of hydrogen-bond donors (Lipinski definition) is 2. The maximum Gasteiger partial charge on any atom is 0.159 e. The summed E-state index contributed by atoms with van der Waals surface area (Å²) >= 11 is 3.39. The number of ketones is 1. The van der Waals surface area contributed by atoms with Gasteiger partial charge in [-0.05, 0) is 24.1 Å². The molecule has 0 bridgehead atoms. The van der Waals surface area contributed by atoms with Crippen LogP contribution in [0.25, 0.3) is 0 Å². The zero-order chi connectivity index (χ0) is 10.8. The normalized spacial score (nSPS) is 19.6. The molecule has 1 aliphatic heterocycles. The van der Waals surface area contributed by atoms with Gasteiger partial charge >= 0.3 is 0 Å². The van der Waals surface area contributed by atoms with Crippen LogP contribution in [0.4, 0.5) is 5.69 Å². The molecule has 4 heteroatoms. The van der Waals surface area contributed by atoms with Gasteiger partial charge in [-0.25, -0.2) is 0 Å². The lowest BCUT2D eigenvalue weighted by Crippen LogP contribution is -2.36. The Labute approximate surface area is 96.6 Å². The van der Waals surface area contributed by atoms with Gasteiger partial charge in [0.05, 0.1) is 6.04 Å². The van der Waals surface area contributed by atoms with Gasteiger partial charge in [0, 0.05) is 23.2 Å². The van der Waals surface area contributed by atoms with E-state index in [0.29, 0.717) is 12.8 Å². The first kappa shape index (κ1) is 10.6. The Morgan fingerprint density at radius 1 is 1.53 bits per heavy atom. The minimum atomic E-state index is -0.239. The van der Waals surface area contributed by atoms with Crippen molar-refractivity contribution in [1.82, 2.24) is 0 Å². The Hall–Kier alpha value is -0.870. The zero-order valence-corrected chi connectivity index (χ0v) is 9.75. The van der Waals surface area contributed by atoms with E-state index in [1.165, 1.54) is 0 Å². The van der Waals surface area contributed by atoms with Crippen LogP contribution in [0.1, 0.15) is 12.0 Å². The Morgan fingerprint density at radius 2 is 2.33 bits per heavy atom. The van der Waals surface area contributed by atoms with Gasteiger partial charge in [0.25, 0.3) is 0 Å². The summed E-state index contributed by atoms with van der Waals surface area (Å²) in [6.07, 6.45) is 0.936. The third-order valence-electron chi connectivity index (χ3n) is 2.57. The molecule has 0 amide bonds. The number of Topliss-reactive ketones (excluding diaryl/α,β-unsaturated/α-hetero) is 1. The first-order valence-corrected chi connectivity index (χ1v) is 5.68. The minimum absolute atomic E-state index is 0.0345. The van der Waals surface area contributed by atoms with Gasteiger partial charge in [-0.2, -0.15) is 0 Å². The molecule has 2 rings (SSSR count). The molecule has 0 aliphatic carbocycles. The number of carbonyl (C=O) groups is 1. The van der Waals surface area contributed by atoms with Crippen LogP contribution in [0.15, 0.2) is 22.7 Å². The number of rotatable bonds is 2. The molecule has 80 valence electrons. The van der Waals surface area contributed by atoms with Crippen LogP contribution in [0.3, 0.4) is 0 Å². The lowest BCUT2D eigenvalue weighted by Gasteiger charge is -2.25. The van der Waals surface area contributed by atoms with Crippen LogP contribution < -0.4 is 5.32 Å². The number of hydrogen-bond acceptors (Lipinski definition) is 3. The number of anilines is 1. The van der Waals surface area contributed by atoms with Crippen molar-refractivity contribution in [3.05, 3.63) is 28.2 Å². The van der Waals surface area contributed by atoms with Crippen molar-refractivity contribution >= 4 is 27.4 Å². The second-order valence-corrected chi connectivity index (χ2v) is 4.57. The van der Waals surface area contributed by atoms with Gasteiger partial charge in [-0.1, -0.05) is 22.0 Å². The van der Waals surface area contributed by atoms with Crippen LogP contribution in [0.2, 0.25) is 0 Å². The van der Waals surface area contributed by atoms with Gasteiger partial charge in [-0.15, -0.1) is 0 Å². The summed E-state index contributed by atoms with van der Waals surface area (Å²) in [6.45, 7) is 0.0345. The molecule has 0 saturated carbocycles. The first-order valence-electron chi connectivity index (χ1n) is 4.89. The molecule has 0 aromatic heterocycles. The van der Waals surface area contributed by atoms with E-state index in [9.17, 15) is 4.79 Å². The Morgan fingerprint density at radius 3 is 3.07 bits per heavy atom. The van der Waals surface area contributed by atoms with E-state index in [0.717, 1.165) is 15.7 Å². The summed E-state index contributed by atoms with van der Waals surface area (Å²) in [7, 11) is 0. The molecule has 0 radical (unpaired) electrons. The van der Waals surface area contributed by atoms with Crippen molar-refractivity contribution in [3.8, 4) is 0 Å². The van der Waals surface area contributed by atoms with Crippen molar-refractivity contribution < 1.29 is 9.90 Å². The molecular formula is C11H12BrNO2. The molecule has 1 aromatic rings. The summed E-state index contributed by atoms with van der Waals surface area (Å²) in [5.41, 5.74) is 2.01. The summed E-state index contributed by atoms with van der Waals surface area (Å²) in [5, 5.41) is 12.0. The van der Waals surface area contributed by atoms with Crippen molar-refractivity contribution in [2.75, 3.05) is 11.9 Å². The average Bonchev–Trinajstić information content (AvgIpc) is 2.20. The standard InChI is InChI=1S/C11H12BrNO2/c12-8-2-1-7-5-11(15)9(3-4-14)13-10(7)6-8/h1-2,6,9,13-14H,3-5H2/t9-/m0/s1. The molecule has 1 atom stereocenters. The molecule has 15 heavy (non-hydrogen) atoms. The molecule has 0 unspecified atom stereocenters. The number of aliphatic hydroxyl groups excluding tert-OH is 1. The zero-order valence-electron chi connectivity index (χ0n) is 8.16. The van der Waals surface area contributed by atoms with Gasteiger partial charge in [0.2, 0.25) is 0 Å². The third-order valence-corrected chi connectivity index (χ3v) is 3.07. The third kappa shape index (κ3) is 2.21. The second-order valence-electron chi connectivity index (χ2n) is 3.65. The topological polar surface area (TPSA) is 49.3 Å². The molecule has 1 aromatic carbocycles. The van der Waals surface area contributed by atoms with E-state index in [4.69, 9.17) is 5.11 Å². The number of aliphatic hydroxyl groups is 1. The van der Waals surface area contributed by atoms with Crippen molar-refractivity contribution in [3.63, 3.8) is 0 Å². The summed E-state index contributed by atoms with van der Waals surface area (Å²) in [4.78, 5) is 11.6. The molecular weight excluding hydrogens is 258 g/mol. The van der Waals surface area contributed by atoms with E-state index in [-0.39, 0.29) is 18.4 Å². The van der Waals surface area contributed by atoms with Gasteiger partial charge in [-0.3, -0.25) is 4.79 Å². The van der Waals surface area contributed by atoms with E-state index in [2.05, 4.69) is 21.2 Å². The van der Waals surface area contributed by atoms with Crippen LogP contribution in [-0.2, 0) is 11.2 Å². The fourth-order valence-electron chi connectivity index (χ4n) is 1.78. The van der Waals surface area contributed by atoms with Crippen LogP contribution >= 0.6 is 15.9 Å². The minimum Gasteiger partial charge on any atom is -0.396 e. The smallest absolute Gasteiger partial charge is 0.159 e. The average molecular weight is 270 g/mol. The Bertz CT molecular complexity index is 392. The van der Waals surface area contributed by atoms with E-state index >= 15 is 0 Å². The number of halogens is 1. The number of benzene rings is 1. The quantitative estimate of drug-likeness (QED) is 0.860. The van der Waals surface area contributed by atoms with Crippen LogP contribution in [0, 0.1) is 0 Å². The van der Waals surface area contributed by atoms with E-state index < -0.39 is 0 Å². The Kier molecular flexibility index (Phi) is 3.07. The highest BCUT2D eigenvalue weighted by Crippen LogP contribution is 2.27. The fourth-order valence-corrected chi connectivity index (χ4v) is 2.14. The van der Waals surface area contributed by atoms with Gasteiger partial charge in [0.15, 0.2) is 5.78 Å². The van der Waals surface area contributed by atoms with Gasteiger partial charge < -0.3 is 10.4 Å².